The molecule has 3 N–H and O–H groups in total. The first-order chi connectivity index (χ1) is 7.89. The number of halogens is 1. The summed E-state index contributed by atoms with van der Waals surface area (Å²) >= 11 is 0. The molecule has 1 unspecified atom stereocenters. The Balaban J connectivity index is 0. The quantitative estimate of drug-likeness (QED) is 0.321. The molecular formula is C10H24IN3O3S. The summed E-state index contributed by atoms with van der Waals surface area (Å²) in [5, 5.41) is 14.8. The zero-order chi connectivity index (χ0) is 13.3. The summed E-state index contributed by atoms with van der Waals surface area (Å²) in [6.07, 6.45) is 1.76. The summed E-state index contributed by atoms with van der Waals surface area (Å²) in [7, 11) is -2.92. The lowest BCUT2D eigenvalue weighted by Gasteiger charge is -2.17. The van der Waals surface area contributed by atoms with Gasteiger partial charge in [-0.05, 0) is 20.3 Å². The molecule has 0 aliphatic carbocycles. The Morgan fingerprint density at radius 3 is 2.50 bits per heavy atom. The van der Waals surface area contributed by atoms with Gasteiger partial charge >= 0.3 is 0 Å². The van der Waals surface area contributed by atoms with E-state index >= 15 is 0 Å². The molecule has 0 amide bonds. The number of aliphatic hydroxyl groups excluding tert-OH is 1. The van der Waals surface area contributed by atoms with Crippen LogP contribution in [0.2, 0.25) is 0 Å². The Labute approximate surface area is 127 Å². The van der Waals surface area contributed by atoms with E-state index < -0.39 is 9.84 Å². The fraction of sp³-hybridized carbons (Fsp3) is 0.900. The Morgan fingerprint density at radius 2 is 2.06 bits per heavy atom. The molecule has 18 heavy (non-hydrogen) atoms. The summed E-state index contributed by atoms with van der Waals surface area (Å²) in [5.74, 6) is 0.753. The van der Waals surface area contributed by atoms with Crippen LogP contribution in [0.4, 0.5) is 0 Å². The van der Waals surface area contributed by atoms with E-state index in [0.717, 1.165) is 6.54 Å². The average molecular weight is 393 g/mol. The van der Waals surface area contributed by atoms with Gasteiger partial charge in [-0.2, -0.15) is 0 Å². The molecule has 0 aromatic heterocycles. The summed E-state index contributed by atoms with van der Waals surface area (Å²) in [5.41, 5.74) is 0. The molecule has 0 aromatic carbocycles. The Kier molecular flexibility index (Phi) is 12.1. The van der Waals surface area contributed by atoms with E-state index in [1.54, 1.807) is 0 Å². The first kappa shape index (κ1) is 20.2. The van der Waals surface area contributed by atoms with Crippen molar-refractivity contribution >= 4 is 39.8 Å². The number of sulfone groups is 1. The first-order valence-corrected chi connectivity index (χ1v) is 7.78. The fourth-order valence-electron chi connectivity index (χ4n) is 1.18. The molecule has 0 aliphatic heterocycles. The minimum absolute atomic E-state index is 0. The predicted molar refractivity (Wildman–Crippen MR) is 85.4 cm³/mol. The van der Waals surface area contributed by atoms with Gasteiger partial charge in [0.05, 0.1) is 18.9 Å². The number of rotatable bonds is 7. The highest BCUT2D eigenvalue weighted by molar-refractivity contribution is 14.0. The first-order valence-electron chi connectivity index (χ1n) is 5.72. The van der Waals surface area contributed by atoms with Crippen molar-refractivity contribution in [1.29, 1.82) is 0 Å². The molecule has 110 valence electrons. The molecule has 8 heteroatoms. The van der Waals surface area contributed by atoms with Crippen LogP contribution in [-0.4, -0.2) is 57.2 Å². The van der Waals surface area contributed by atoms with Gasteiger partial charge in [0.2, 0.25) is 0 Å². The lowest BCUT2D eigenvalue weighted by molar-refractivity contribution is 0.306. The van der Waals surface area contributed by atoms with Crippen molar-refractivity contribution in [3.8, 4) is 0 Å². The van der Waals surface area contributed by atoms with Crippen LogP contribution in [0.15, 0.2) is 4.99 Å². The van der Waals surface area contributed by atoms with E-state index in [9.17, 15) is 8.42 Å². The topological polar surface area (TPSA) is 90.8 Å². The molecule has 0 heterocycles. The van der Waals surface area contributed by atoms with Gasteiger partial charge in [0.25, 0.3) is 0 Å². The van der Waals surface area contributed by atoms with Gasteiger partial charge < -0.3 is 15.7 Å². The van der Waals surface area contributed by atoms with Gasteiger partial charge in [-0.15, -0.1) is 24.0 Å². The highest BCUT2D eigenvalue weighted by atomic mass is 127. The van der Waals surface area contributed by atoms with Gasteiger partial charge in [-0.1, -0.05) is 0 Å². The zero-order valence-electron chi connectivity index (χ0n) is 11.1. The molecule has 0 fully saturated rings. The van der Waals surface area contributed by atoms with E-state index in [4.69, 9.17) is 5.11 Å². The van der Waals surface area contributed by atoms with Crippen LogP contribution in [0.25, 0.3) is 0 Å². The van der Waals surface area contributed by atoms with Crippen LogP contribution in [0, 0.1) is 0 Å². The summed E-state index contributed by atoms with van der Waals surface area (Å²) in [6, 6.07) is 0.0150. The van der Waals surface area contributed by atoms with Gasteiger partial charge in [0.1, 0.15) is 9.84 Å². The van der Waals surface area contributed by atoms with Crippen molar-refractivity contribution in [2.24, 2.45) is 4.99 Å². The number of nitrogens with zero attached hydrogens (tertiary/aromatic N) is 1. The van der Waals surface area contributed by atoms with Gasteiger partial charge in [0.15, 0.2) is 5.96 Å². The van der Waals surface area contributed by atoms with E-state index in [2.05, 4.69) is 15.6 Å². The van der Waals surface area contributed by atoms with Crippen molar-refractivity contribution in [1.82, 2.24) is 10.6 Å². The Bertz CT molecular complexity index is 333. The van der Waals surface area contributed by atoms with Gasteiger partial charge in [-0.25, -0.2) is 8.42 Å². The second kappa shape index (κ2) is 10.8. The minimum Gasteiger partial charge on any atom is -0.394 e. The highest BCUT2D eigenvalue weighted by Gasteiger charge is 2.09. The number of aliphatic hydroxyl groups is 1. The van der Waals surface area contributed by atoms with E-state index in [1.165, 1.54) is 6.26 Å². The normalized spacial score (nSPS) is 13.7. The zero-order valence-corrected chi connectivity index (χ0v) is 14.3. The van der Waals surface area contributed by atoms with Crippen LogP contribution >= 0.6 is 24.0 Å². The average Bonchev–Trinajstić information content (AvgIpc) is 2.22. The number of aliphatic imine (C=N–C) groups is 1. The molecule has 0 radical (unpaired) electrons. The predicted octanol–water partition coefficient (Wildman–Crippen LogP) is -0.0250. The maximum Gasteiger partial charge on any atom is 0.191 e. The molecule has 0 saturated carbocycles. The standard InChI is InChI=1S/C10H23N3O3S.HI/c1-4-11-10(12-6-7-14)13-9(2)5-8-17(3,15)16;/h9,14H,4-8H2,1-3H3,(H2,11,12,13);1H. The molecule has 0 aromatic rings. The Morgan fingerprint density at radius 1 is 1.44 bits per heavy atom. The molecule has 0 aliphatic rings. The number of guanidine groups is 1. The van der Waals surface area contributed by atoms with Gasteiger partial charge in [0, 0.05) is 18.8 Å². The minimum atomic E-state index is -2.92. The van der Waals surface area contributed by atoms with Crippen molar-refractivity contribution in [3.63, 3.8) is 0 Å². The summed E-state index contributed by atoms with van der Waals surface area (Å²) in [4.78, 5) is 4.11. The van der Waals surface area contributed by atoms with Crippen molar-refractivity contribution < 1.29 is 13.5 Å². The second-order valence-electron chi connectivity index (χ2n) is 3.95. The third kappa shape index (κ3) is 12.4. The maximum atomic E-state index is 11.0. The highest BCUT2D eigenvalue weighted by Crippen LogP contribution is 1.95. The van der Waals surface area contributed by atoms with Crippen molar-refractivity contribution in [3.05, 3.63) is 0 Å². The summed E-state index contributed by atoms with van der Waals surface area (Å²) < 4.78 is 22.0. The van der Waals surface area contributed by atoms with Crippen LogP contribution in [0.1, 0.15) is 20.3 Å². The Hall–Kier alpha value is -0.0900. The van der Waals surface area contributed by atoms with Crippen molar-refractivity contribution in [2.45, 2.75) is 26.3 Å². The number of nitrogens with one attached hydrogen (secondary N) is 2. The summed E-state index contributed by atoms with van der Waals surface area (Å²) in [6.45, 7) is 4.88. The lowest BCUT2D eigenvalue weighted by atomic mass is 10.3. The molecule has 0 bridgehead atoms. The van der Waals surface area contributed by atoms with Crippen LogP contribution < -0.4 is 10.6 Å². The molecule has 0 spiro atoms. The molecule has 1 atom stereocenters. The van der Waals surface area contributed by atoms with Crippen LogP contribution in [-0.2, 0) is 9.84 Å². The monoisotopic (exact) mass is 393 g/mol. The number of hydrogen-bond donors (Lipinski definition) is 3. The lowest BCUT2D eigenvalue weighted by Crippen LogP contribution is -2.43. The smallest absolute Gasteiger partial charge is 0.191 e. The third-order valence-electron chi connectivity index (χ3n) is 2.02. The van der Waals surface area contributed by atoms with Gasteiger partial charge in [-0.3, -0.25) is 4.99 Å². The largest absolute Gasteiger partial charge is 0.394 e. The van der Waals surface area contributed by atoms with E-state index in [1.807, 2.05) is 13.8 Å². The van der Waals surface area contributed by atoms with Crippen molar-refractivity contribution in [2.75, 3.05) is 31.7 Å². The van der Waals surface area contributed by atoms with Crippen LogP contribution in [0.5, 0.6) is 0 Å². The SMILES string of the molecule is CCNC(=NCCO)NC(C)CCS(C)(=O)=O.I. The van der Waals surface area contributed by atoms with E-state index in [0.29, 0.717) is 18.9 Å². The molecular weight excluding hydrogens is 369 g/mol. The molecule has 6 nitrogen and oxygen atoms in total. The van der Waals surface area contributed by atoms with Crippen LogP contribution in [0.3, 0.4) is 0 Å². The third-order valence-corrected chi connectivity index (χ3v) is 3.00. The van der Waals surface area contributed by atoms with E-state index in [-0.39, 0.29) is 42.4 Å². The number of hydrogen-bond acceptors (Lipinski definition) is 4. The fourth-order valence-corrected chi connectivity index (χ4v) is 1.96. The second-order valence-corrected chi connectivity index (χ2v) is 6.21. The molecule has 0 rings (SSSR count). The molecule has 0 saturated heterocycles. The maximum absolute atomic E-state index is 11.0.